The van der Waals surface area contributed by atoms with Crippen LogP contribution in [0.4, 0.5) is 13.2 Å². The van der Waals surface area contributed by atoms with E-state index in [-0.39, 0.29) is 11.5 Å². The lowest BCUT2D eigenvalue weighted by molar-refractivity contribution is -0.137. The van der Waals surface area contributed by atoms with Gasteiger partial charge in [0.1, 0.15) is 11.6 Å². The highest BCUT2D eigenvalue weighted by Crippen LogP contribution is 2.31. The SMILES string of the molecule is Cc1cc(C=C(C#N)C(=O)N2CCC2)c(C)n1-c1cccc(C(F)(F)F)c1. The fourth-order valence-corrected chi connectivity index (χ4v) is 3.14. The van der Waals surface area contributed by atoms with Crippen molar-refractivity contribution in [2.75, 3.05) is 13.1 Å². The number of nitrogens with zero attached hydrogens (tertiary/aromatic N) is 3. The normalized spacial score (nSPS) is 14.7. The molecule has 1 amide bonds. The molecule has 4 nitrogen and oxygen atoms in total. The summed E-state index contributed by atoms with van der Waals surface area (Å²) in [5.74, 6) is -0.312. The Morgan fingerprint density at radius 2 is 1.93 bits per heavy atom. The number of benzene rings is 1. The molecule has 0 spiro atoms. The van der Waals surface area contributed by atoms with Gasteiger partial charge in [0.2, 0.25) is 0 Å². The minimum atomic E-state index is -4.43. The second-order valence-corrected chi connectivity index (χ2v) is 6.53. The van der Waals surface area contributed by atoms with Crippen LogP contribution in [0, 0.1) is 25.2 Å². The van der Waals surface area contributed by atoms with E-state index in [0.717, 1.165) is 18.6 Å². The maximum absolute atomic E-state index is 13.0. The first-order chi connectivity index (χ1) is 12.7. The highest BCUT2D eigenvalue weighted by molar-refractivity contribution is 6.02. The maximum atomic E-state index is 13.0. The molecular weight excluding hydrogens is 355 g/mol. The Labute approximate surface area is 155 Å². The molecule has 1 saturated heterocycles. The Bertz CT molecular complexity index is 960. The van der Waals surface area contributed by atoms with Gasteiger partial charge >= 0.3 is 6.18 Å². The van der Waals surface area contributed by atoms with Crippen molar-refractivity contribution in [2.45, 2.75) is 26.4 Å². The van der Waals surface area contributed by atoms with Crippen molar-refractivity contribution < 1.29 is 18.0 Å². The average molecular weight is 373 g/mol. The number of hydrogen-bond donors (Lipinski definition) is 0. The lowest BCUT2D eigenvalue weighted by Gasteiger charge is -2.30. The van der Waals surface area contributed by atoms with Gasteiger partial charge in [0.05, 0.1) is 5.56 Å². The van der Waals surface area contributed by atoms with Gasteiger partial charge in [-0.15, -0.1) is 0 Å². The summed E-state index contributed by atoms with van der Waals surface area (Å²) in [4.78, 5) is 13.9. The van der Waals surface area contributed by atoms with Gasteiger partial charge in [0.25, 0.3) is 5.91 Å². The summed E-state index contributed by atoms with van der Waals surface area (Å²) in [5.41, 5.74) is 1.69. The van der Waals surface area contributed by atoms with Gasteiger partial charge in [-0.05, 0) is 56.2 Å². The highest BCUT2D eigenvalue weighted by atomic mass is 19.4. The number of nitriles is 1. The average Bonchev–Trinajstić information content (AvgIpc) is 2.84. The van der Waals surface area contributed by atoms with Crippen LogP contribution in [0.25, 0.3) is 11.8 Å². The molecule has 3 rings (SSSR count). The maximum Gasteiger partial charge on any atom is 0.416 e. The molecule has 0 unspecified atom stereocenters. The fraction of sp³-hybridized carbons (Fsp3) is 0.300. The van der Waals surface area contributed by atoms with Crippen molar-refractivity contribution in [3.63, 3.8) is 0 Å². The van der Waals surface area contributed by atoms with E-state index < -0.39 is 11.7 Å². The van der Waals surface area contributed by atoms with E-state index in [1.807, 2.05) is 6.07 Å². The third kappa shape index (κ3) is 3.61. The lowest BCUT2D eigenvalue weighted by atomic mass is 10.1. The van der Waals surface area contributed by atoms with Gasteiger partial charge in [-0.3, -0.25) is 4.79 Å². The van der Waals surface area contributed by atoms with E-state index in [1.165, 1.54) is 12.1 Å². The first-order valence-electron chi connectivity index (χ1n) is 8.50. The molecule has 1 fully saturated rings. The van der Waals surface area contributed by atoms with Gasteiger partial charge in [0.15, 0.2) is 0 Å². The Kier molecular flexibility index (Phi) is 4.83. The topological polar surface area (TPSA) is 49.0 Å². The highest BCUT2D eigenvalue weighted by Gasteiger charge is 2.30. The monoisotopic (exact) mass is 373 g/mol. The number of aryl methyl sites for hydroxylation is 1. The van der Waals surface area contributed by atoms with Gasteiger partial charge < -0.3 is 9.47 Å². The van der Waals surface area contributed by atoms with Crippen LogP contribution < -0.4 is 0 Å². The van der Waals surface area contributed by atoms with Crippen LogP contribution in [0.15, 0.2) is 35.9 Å². The molecular formula is C20H18F3N3O. The molecule has 2 heterocycles. The number of carbonyl (C=O) groups excluding carboxylic acids is 1. The summed E-state index contributed by atoms with van der Waals surface area (Å²) >= 11 is 0. The number of alkyl halides is 3. The molecule has 1 aliphatic rings. The first kappa shape index (κ1) is 18.8. The number of rotatable bonds is 3. The Morgan fingerprint density at radius 1 is 1.22 bits per heavy atom. The van der Waals surface area contributed by atoms with E-state index in [2.05, 4.69) is 0 Å². The molecule has 7 heteroatoms. The smallest absolute Gasteiger partial charge is 0.338 e. The number of aromatic nitrogens is 1. The van der Waals surface area contributed by atoms with Crippen LogP contribution in [0.2, 0.25) is 0 Å². The zero-order valence-electron chi connectivity index (χ0n) is 15.0. The van der Waals surface area contributed by atoms with Gasteiger partial charge in [0, 0.05) is 30.2 Å². The Balaban J connectivity index is 2.02. The zero-order chi connectivity index (χ0) is 19.8. The molecule has 1 aromatic carbocycles. The van der Waals surface area contributed by atoms with Crippen LogP contribution in [0.5, 0.6) is 0 Å². The second-order valence-electron chi connectivity index (χ2n) is 6.53. The largest absolute Gasteiger partial charge is 0.416 e. The summed E-state index contributed by atoms with van der Waals surface area (Å²) in [6.45, 7) is 4.80. The number of amides is 1. The Hall–Kier alpha value is -3.01. The van der Waals surface area contributed by atoms with E-state index in [4.69, 9.17) is 0 Å². The molecule has 0 saturated carbocycles. The molecule has 0 bridgehead atoms. The molecule has 2 aromatic rings. The minimum Gasteiger partial charge on any atom is -0.338 e. The number of carbonyl (C=O) groups is 1. The molecule has 1 aromatic heterocycles. The summed E-state index contributed by atoms with van der Waals surface area (Å²) in [6, 6.07) is 8.77. The fourth-order valence-electron chi connectivity index (χ4n) is 3.14. The van der Waals surface area contributed by atoms with Crippen molar-refractivity contribution in [3.05, 3.63) is 58.4 Å². The molecule has 0 radical (unpaired) electrons. The predicted octanol–water partition coefficient (Wildman–Crippen LogP) is 4.25. The van der Waals surface area contributed by atoms with Crippen molar-refractivity contribution in [3.8, 4) is 11.8 Å². The summed E-state index contributed by atoms with van der Waals surface area (Å²) in [5, 5.41) is 9.34. The minimum absolute atomic E-state index is 0.0268. The quantitative estimate of drug-likeness (QED) is 0.596. The molecule has 1 aliphatic heterocycles. The summed E-state index contributed by atoms with van der Waals surface area (Å²) in [7, 11) is 0. The standard InChI is InChI=1S/C20H18F3N3O/c1-13-9-15(10-16(12-24)19(27)25-7-4-8-25)14(2)26(13)18-6-3-5-17(11-18)20(21,22)23/h3,5-6,9-11H,4,7-8H2,1-2H3. The second kappa shape index (κ2) is 6.95. The van der Waals surface area contributed by atoms with Gasteiger partial charge in [-0.2, -0.15) is 18.4 Å². The zero-order valence-corrected chi connectivity index (χ0v) is 15.0. The lowest BCUT2D eigenvalue weighted by Crippen LogP contribution is -2.42. The van der Waals surface area contributed by atoms with Crippen molar-refractivity contribution in [2.24, 2.45) is 0 Å². The van der Waals surface area contributed by atoms with Gasteiger partial charge in [-0.1, -0.05) is 6.07 Å². The van der Waals surface area contributed by atoms with Crippen LogP contribution >= 0.6 is 0 Å². The van der Waals surface area contributed by atoms with E-state index in [0.29, 0.717) is 35.7 Å². The van der Waals surface area contributed by atoms with Crippen LogP contribution in [-0.2, 0) is 11.0 Å². The molecule has 0 aliphatic carbocycles. The van der Waals surface area contributed by atoms with Crippen LogP contribution in [0.1, 0.15) is 28.9 Å². The number of halogens is 3. The van der Waals surface area contributed by atoms with Crippen molar-refractivity contribution in [1.82, 2.24) is 9.47 Å². The van der Waals surface area contributed by atoms with Crippen molar-refractivity contribution >= 4 is 12.0 Å². The third-order valence-electron chi connectivity index (χ3n) is 4.70. The Morgan fingerprint density at radius 3 is 2.48 bits per heavy atom. The van der Waals surface area contributed by atoms with E-state index in [1.54, 1.807) is 35.4 Å². The summed E-state index contributed by atoms with van der Waals surface area (Å²) < 4.78 is 40.7. The molecule has 140 valence electrons. The van der Waals surface area contributed by atoms with Crippen LogP contribution in [-0.4, -0.2) is 28.5 Å². The predicted molar refractivity (Wildman–Crippen MR) is 95.0 cm³/mol. The van der Waals surface area contributed by atoms with E-state index >= 15 is 0 Å². The molecule has 0 N–H and O–H groups in total. The number of likely N-dealkylation sites (tertiary alicyclic amines) is 1. The third-order valence-corrected chi connectivity index (χ3v) is 4.70. The van der Waals surface area contributed by atoms with Gasteiger partial charge in [-0.25, -0.2) is 0 Å². The molecule has 27 heavy (non-hydrogen) atoms. The first-order valence-corrected chi connectivity index (χ1v) is 8.50. The van der Waals surface area contributed by atoms with Crippen molar-refractivity contribution in [1.29, 1.82) is 5.26 Å². The van der Waals surface area contributed by atoms with Crippen LogP contribution in [0.3, 0.4) is 0 Å². The summed E-state index contributed by atoms with van der Waals surface area (Å²) in [6.07, 6.45) is -1.99. The number of hydrogen-bond acceptors (Lipinski definition) is 2. The molecule has 0 atom stereocenters. The van der Waals surface area contributed by atoms with E-state index in [9.17, 15) is 23.2 Å².